The number of rotatable bonds is 8. The second-order valence-corrected chi connectivity index (χ2v) is 9.81. The van der Waals surface area contributed by atoms with Crippen molar-refractivity contribution in [3.63, 3.8) is 0 Å². The molecule has 3 N–H and O–H groups in total. The molecule has 0 bridgehead atoms. The van der Waals surface area contributed by atoms with E-state index in [4.69, 9.17) is 5.14 Å². The van der Waals surface area contributed by atoms with E-state index in [2.05, 4.69) is 31.4 Å². The first-order chi connectivity index (χ1) is 14.3. The zero-order valence-corrected chi connectivity index (χ0v) is 19.0. The molecule has 0 aliphatic carbocycles. The number of benzene rings is 2. The topological polar surface area (TPSA) is 115 Å². The molecule has 1 aromatic heterocycles. The molecule has 0 saturated heterocycles. The van der Waals surface area contributed by atoms with Crippen LogP contribution in [0.1, 0.15) is 5.56 Å². The van der Waals surface area contributed by atoms with Crippen molar-refractivity contribution >= 4 is 43.6 Å². The van der Waals surface area contributed by atoms with Crippen LogP contribution in [0.4, 0.5) is 0 Å². The Hall–Kier alpha value is -2.27. The van der Waals surface area contributed by atoms with E-state index < -0.39 is 10.0 Å². The van der Waals surface area contributed by atoms with Crippen LogP contribution in [-0.2, 0) is 21.2 Å². The monoisotopic (exact) mass is 506 g/mol. The molecule has 0 fully saturated rings. The van der Waals surface area contributed by atoms with Crippen molar-refractivity contribution in [3.05, 3.63) is 70.7 Å². The van der Waals surface area contributed by atoms with Crippen LogP contribution in [0, 0.1) is 0 Å². The first-order valence-electron chi connectivity index (χ1n) is 8.92. The summed E-state index contributed by atoms with van der Waals surface area (Å²) in [7, 11) is -3.69. The highest BCUT2D eigenvalue weighted by Gasteiger charge is 2.08. The van der Waals surface area contributed by atoms with Gasteiger partial charge in [0.1, 0.15) is 5.03 Å². The van der Waals surface area contributed by atoms with Crippen molar-refractivity contribution in [2.24, 2.45) is 5.14 Å². The first-order valence-corrected chi connectivity index (χ1v) is 12.2. The molecular formula is C20H19BrN4O3S2. The van der Waals surface area contributed by atoms with E-state index >= 15 is 0 Å². The number of carbonyl (C=O) groups excluding carboxylic acids is 1. The summed E-state index contributed by atoms with van der Waals surface area (Å²) >= 11 is 4.71. The Kier molecular flexibility index (Phi) is 7.59. The van der Waals surface area contributed by atoms with Gasteiger partial charge in [0.15, 0.2) is 0 Å². The van der Waals surface area contributed by atoms with Gasteiger partial charge in [0.05, 0.1) is 16.3 Å². The molecule has 1 amide bonds. The van der Waals surface area contributed by atoms with Crippen LogP contribution >= 0.6 is 27.7 Å². The number of nitrogens with zero attached hydrogens (tertiary/aromatic N) is 2. The van der Waals surface area contributed by atoms with Gasteiger partial charge in [-0.05, 0) is 48.4 Å². The maximum Gasteiger partial charge on any atom is 0.238 e. The standard InChI is InChI=1S/C20H19BrN4O3S2/c21-16-5-3-15(4-6-16)18-9-10-20(25-24-18)29-13-19(26)23-12-11-14-1-7-17(8-2-14)30(22,27)28/h1-10H,11-13H2,(H,23,26)(H2,22,27,28). The minimum absolute atomic E-state index is 0.0685. The van der Waals surface area contributed by atoms with Crippen LogP contribution in [0.25, 0.3) is 11.3 Å². The second-order valence-electron chi connectivity index (χ2n) is 6.34. The lowest BCUT2D eigenvalue weighted by Gasteiger charge is -2.06. The summed E-state index contributed by atoms with van der Waals surface area (Å²) in [6.45, 7) is 0.447. The van der Waals surface area contributed by atoms with E-state index in [1.165, 1.54) is 23.9 Å². The first kappa shape index (κ1) is 22.4. The fraction of sp³-hybridized carbons (Fsp3) is 0.150. The lowest BCUT2D eigenvalue weighted by molar-refractivity contribution is -0.118. The number of primary sulfonamides is 1. The quantitative estimate of drug-likeness (QED) is 0.453. The number of hydrogen-bond donors (Lipinski definition) is 2. The molecule has 3 aromatic rings. The number of halogens is 1. The highest BCUT2D eigenvalue weighted by molar-refractivity contribution is 9.10. The molecule has 2 aromatic carbocycles. The molecule has 3 rings (SSSR count). The number of nitrogens with one attached hydrogen (secondary N) is 1. The van der Waals surface area contributed by atoms with E-state index in [-0.39, 0.29) is 16.6 Å². The minimum atomic E-state index is -3.69. The van der Waals surface area contributed by atoms with Crippen LogP contribution < -0.4 is 10.5 Å². The average molecular weight is 507 g/mol. The van der Waals surface area contributed by atoms with Gasteiger partial charge in [-0.3, -0.25) is 4.79 Å². The Morgan fingerprint density at radius 3 is 2.30 bits per heavy atom. The van der Waals surface area contributed by atoms with E-state index in [0.717, 1.165) is 21.3 Å². The van der Waals surface area contributed by atoms with Crippen molar-refractivity contribution in [3.8, 4) is 11.3 Å². The average Bonchev–Trinajstić information content (AvgIpc) is 2.73. The van der Waals surface area contributed by atoms with Crippen molar-refractivity contribution in [1.29, 1.82) is 0 Å². The molecular weight excluding hydrogens is 488 g/mol. The molecule has 30 heavy (non-hydrogen) atoms. The highest BCUT2D eigenvalue weighted by atomic mass is 79.9. The summed E-state index contributed by atoms with van der Waals surface area (Å²) in [6, 6.07) is 17.8. The van der Waals surface area contributed by atoms with Crippen LogP contribution in [0.15, 0.2) is 75.1 Å². The fourth-order valence-corrected chi connectivity index (χ4v) is 3.98. The van der Waals surface area contributed by atoms with Gasteiger partial charge >= 0.3 is 0 Å². The molecule has 0 saturated carbocycles. The minimum Gasteiger partial charge on any atom is -0.355 e. The van der Waals surface area contributed by atoms with E-state index in [9.17, 15) is 13.2 Å². The molecule has 7 nitrogen and oxygen atoms in total. The second kappa shape index (κ2) is 10.2. The number of sulfonamides is 1. The Bertz CT molecular complexity index is 1100. The van der Waals surface area contributed by atoms with Gasteiger partial charge in [0, 0.05) is 16.6 Å². The van der Waals surface area contributed by atoms with E-state index in [0.29, 0.717) is 18.0 Å². The van der Waals surface area contributed by atoms with Gasteiger partial charge < -0.3 is 5.32 Å². The molecule has 0 spiro atoms. The highest BCUT2D eigenvalue weighted by Crippen LogP contribution is 2.21. The molecule has 0 radical (unpaired) electrons. The Balaban J connectivity index is 1.43. The normalized spacial score (nSPS) is 11.3. The largest absolute Gasteiger partial charge is 0.355 e. The van der Waals surface area contributed by atoms with Crippen molar-refractivity contribution < 1.29 is 13.2 Å². The summed E-state index contributed by atoms with van der Waals surface area (Å²) < 4.78 is 23.5. The van der Waals surface area contributed by atoms with Gasteiger partial charge in [-0.15, -0.1) is 10.2 Å². The van der Waals surface area contributed by atoms with Crippen molar-refractivity contribution in [2.75, 3.05) is 12.3 Å². The van der Waals surface area contributed by atoms with Crippen LogP contribution in [-0.4, -0.2) is 36.8 Å². The molecule has 0 unspecified atom stereocenters. The SMILES string of the molecule is NS(=O)(=O)c1ccc(CCNC(=O)CSc2ccc(-c3ccc(Br)cc3)nn2)cc1. The van der Waals surface area contributed by atoms with Gasteiger partial charge in [-0.2, -0.15) is 0 Å². The molecule has 0 aliphatic rings. The number of carbonyl (C=O) groups is 1. The number of nitrogens with two attached hydrogens (primary N) is 1. The van der Waals surface area contributed by atoms with Gasteiger partial charge in [0.25, 0.3) is 0 Å². The maximum atomic E-state index is 12.0. The predicted molar refractivity (Wildman–Crippen MR) is 120 cm³/mol. The number of thioether (sulfide) groups is 1. The lowest BCUT2D eigenvalue weighted by Crippen LogP contribution is -2.27. The molecule has 1 heterocycles. The summed E-state index contributed by atoms with van der Waals surface area (Å²) in [4.78, 5) is 12.1. The third-order valence-electron chi connectivity index (χ3n) is 4.12. The maximum absolute atomic E-state index is 12.0. The van der Waals surface area contributed by atoms with E-state index in [1.54, 1.807) is 12.1 Å². The third-order valence-corrected chi connectivity index (χ3v) is 6.50. The summed E-state index contributed by atoms with van der Waals surface area (Å²) in [6.07, 6.45) is 0.586. The van der Waals surface area contributed by atoms with E-state index in [1.807, 2.05) is 36.4 Å². The molecule has 0 atom stereocenters. The van der Waals surface area contributed by atoms with Gasteiger partial charge in [-0.1, -0.05) is 52.0 Å². The summed E-state index contributed by atoms with van der Waals surface area (Å²) in [5.41, 5.74) is 2.64. The zero-order valence-electron chi connectivity index (χ0n) is 15.8. The Morgan fingerprint density at radius 2 is 1.70 bits per heavy atom. The number of hydrogen-bond acceptors (Lipinski definition) is 6. The molecule has 0 aliphatic heterocycles. The molecule has 10 heteroatoms. The van der Waals surface area contributed by atoms with Crippen LogP contribution in [0.5, 0.6) is 0 Å². The Labute approximate surface area is 187 Å². The van der Waals surface area contributed by atoms with Crippen molar-refractivity contribution in [2.45, 2.75) is 16.3 Å². The number of amides is 1. The van der Waals surface area contributed by atoms with Gasteiger partial charge in [-0.25, -0.2) is 13.6 Å². The Morgan fingerprint density at radius 1 is 1.00 bits per heavy atom. The smallest absolute Gasteiger partial charge is 0.238 e. The molecule has 156 valence electrons. The third kappa shape index (κ3) is 6.63. The lowest BCUT2D eigenvalue weighted by atomic mass is 10.1. The van der Waals surface area contributed by atoms with Gasteiger partial charge in [0.2, 0.25) is 15.9 Å². The van der Waals surface area contributed by atoms with Crippen molar-refractivity contribution in [1.82, 2.24) is 15.5 Å². The zero-order chi connectivity index (χ0) is 21.6. The fourth-order valence-electron chi connectivity index (χ4n) is 2.55. The predicted octanol–water partition coefficient (Wildman–Crippen LogP) is 3.00. The summed E-state index contributed by atoms with van der Waals surface area (Å²) in [5, 5.41) is 17.0. The van der Waals surface area contributed by atoms with Crippen LogP contribution in [0.2, 0.25) is 0 Å². The van der Waals surface area contributed by atoms with Crippen LogP contribution in [0.3, 0.4) is 0 Å². The summed E-state index contributed by atoms with van der Waals surface area (Å²) in [5.74, 6) is 0.122. The number of aromatic nitrogens is 2.